The average molecular weight is 161 g/mol. The molecule has 1 atom stereocenters. The van der Waals surface area contributed by atoms with Gasteiger partial charge in [-0.2, -0.15) is 0 Å². The lowest BCUT2D eigenvalue weighted by molar-refractivity contribution is 0.0965. The molecule has 0 radical (unpaired) electrons. The largest absolute Gasteiger partial charge is 0.327 e. The summed E-state index contributed by atoms with van der Waals surface area (Å²) in [6.07, 6.45) is 1.33. The van der Waals surface area contributed by atoms with E-state index in [4.69, 9.17) is 5.73 Å². The third-order valence-corrected chi connectivity index (χ3v) is 2.25. The highest BCUT2D eigenvalue weighted by Gasteiger charge is 2.21. The molecule has 2 rings (SSSR count). The van der Waals surface area contributed by atoms with E-state index in [1.165, 1.54) is 0 Å². The first-order valence-electron chi connectivity index (χ1n) is 4.14. The number of benzene rings is 1. The summed E-state index contributed by atoms with van der Waals surface area (Å²) in [5, 5.41) is 0. The van der Waals surface area contributed by atoms with Crippen LogP contribution in [0.25, 0.3) is 0 Å². The van der Waals surface area contributed by atoms with Crippen LogP contribution in [-0.4, -0.2) is 11.8 Å². The molecule has 0 saturated heterocycles. The summed E-state index contributed by atoms with van der Waals surface area (Å²) < 4.78 is 0. The molecule has 0 amide bonds. The Balaban J connectivity index is 2.47. The third kappa shape index (κ3) is 1.14. The summed E-state index contributed by atoms with van der Waals surface area (Å²) in [4.78, 5) is 11.4. The van der Waals surface area contributed by atoms with E-state index in [-0.39, 0.29) is 11.8 Å². The normalized spacial score (nSPS) is 22.1. The van der Waals surface area contributed by atoms with Crippen LogP contribution < -0.4 is 5.73 Å². The number of carbonyl (C=O) groups excluding carboxylic acids is 1. The Hall–Kier alpha value is -1.15. The molecule has 2 nitrogen and oxygen atoms in total. The predicted molar refractivity (Wildman–Crippen MR) is 47.1 cm³/mol. The second-order valence-corrected chi connectivity index (χ2v) is 3.25. The van der Waals surface area contributed by atoms with Crippen molar-refractivity contribution in [2.45, 2.75) is 18.9 Å². The van der Waals surface area contributed by atoms with E-state index in [9.17, 15) is 4.79 Å². The first-order valence-corrected chi connectivity index (χ1v) is 4.14. The van der Waals surface area contributed by atoms with Crippen molar-refractivity contribution in [2.75, 3.05) is 0 Å². The zero-order valence-corrected chi connectivity index (χ0v) is 6.79. The Labute approximate surface area is 71.4 Å². The molecule has 0 bridgehead atoms. The highest BCUT2D eigenvalue weighted by atomic mass is 16.1. The Kier molecular flexibility index (Phi) is 1.70. The van der Waals surface area contributed by atoms with Gasteiger partial charge in [-0.3, -0.25) is 4.79 Å². The Morgan fingerprint density at radius 3 is 2.83 bits per heavy atom. The Bertz CT molecular complexity index is 319. The topological polar surface area (TPSA) is 43.1 Å². The van der Waals surface area contributed by atoms with Crippen molar-refractivity contribution < 1.29 is 4.79 Å². The number of fused-ring (bicyclic) bond motifs is 1. The maximum absolute atomic E-state index is 11.4. The molecule has 0 spiro atoms. The van der Waals surface area contributed by atoms with E-state index >= 15 is 0 Å². The van der Waals surface area contributed by atoms with Gasteiger partial charge in [-0.05, 0) is 12.0 Å². The zero-order valence-electron chi connectivity index (χ0n) is 6.79. The molecule has 0 saturated carbocycles. The van der Waals surface area contributed by atoms with Crippen LogP contribution in [0.2, 0.25) is 0 Å². The van der Waals surface area contributed by atoms with Crippen molar-refractivity contribution in [2.24, 2.45) is 5.73 Å². The van der Waals surface area contributed by atoms with Crippen LogP contribution in [-0.2, 0) is 6.42 Å². The molecule has 1 aromatic carbocycles. The molecule has 1 unspecified atom stereocenters. The molecule has 0 aromatic heterocycles. The summed E-state index contributed by atoms with van der Waals surface area (Å²) in [6, 6.07) is 7.72. The van der Waals surface area contributed by atoms with Gasteiger partial charge in [0.1, 0.15) is 0 Å². The van der Waals surface area contributed by atoms with Crippen LogP contribution >= 0.6 is 0 Å². The number of carbonyl (C=O) groups is 1. The monoisotopic (exact) mass is 161 g/mol. The van der Waals surface area contributed by atoms with Gasteiger partial charge in [0, 0.05) is 18.0 Å². The minimum absolute atomic E-state index is 0.0207. The standard InChI is InChI=1S/C10H11NO/c11-8-5-7-3-1-2-4-9(7)10(12)6-8/h1-4,8H,5-6,11H2. The summed E-state index contributed by atoms with van der Waals surface area (Å²) in [6.45, 7) is 0. The van der Waals surface area contributed by atoms with Crippen LogP contribution in [0, 0.1) is 0 Å². The predicted octanol–water partition coefficient (Wildman–Crippen LogP) is 1.14. The van der Waals surface area contributed by atoms with E-state index in [0.717, 1.165) is 17.5 Å². The summed E-state index contributed by atoms with van der Waals surface area (Å²) in [5.41, 5.74) is 7.68. The summed E-state index contributed by atoms with van der Waals surface area (Å²) in [7, 11) is 0. The van der Waals surface area contributed by atoms with Gasteiger partial charge in [-0.15, -0.1) is 0 Å². The smallest absolute Gasteiger partial charge is 0.164 e. The molecule has 12 heavy (non-hydrogen) atoms. The lowest BCUT2D eigenvalue weighted by Crippen LogP contribution is -2.31. The van der Waals surface area contributed by atoms with Crippen LogP contribution in [0.3, 0.4) is 0 Å². The Morgan fingerprint density at radius 1 is 1.25 bits per heavy atom. The number of hydrogen-bond acceptors (Lipinski definition) is 2. The van der Waals surface area contributed by atoms with Gasteiger partial charge in [0.15, 0.2) is 5.78 Å². The molecular formula is C10H11NO. The van der Waals surface area contributed by atoms with Crippen LogP contribution in [0.15, 0.2) is 24.3 Å². The maximum atomic E-state index is 11.4. The van der Waals surface area contributed by atoms with Gasteiger partial charge in [0.2, 0.25) is 0 Å². The molecule has 1 aliphatic rings. The molecule has 1 aromatic rings. The van der Waals surface area contributed by atoms with Crippen molar-refractivity contribution >= 4 is 5.78 Å². The van der Waals surface area contributed by atoms with E-state index in [1.54, 1.807) is 0 Å². The fourth-order valence-electron chi connectivity index (χ4n) is 1.67. The number of nitrogens with two attached hydrogens (primary N) is 1. The average Bonchev–Trinajstić information content (AvgIpc) is 2.04. The highest BCUT2D eigenvalue weighted by molar-refractivity contribution is 5.98. The zero-order chi connectivity index (χ0) is 8.55. The minimum Gasteiger partial charge on any atom is -0.327 e. The molecular weight excluding hydrogens is 150 g/mol. The molecule has 0 fully saturated rings. The van der Waals surface area contributed by atoms with Gasteiger partial charge in [0.25, 0.3) is 0 Å². The molecule has 0 aliphatic heterocycles. The fraction of sp³-hybridized carbons (Fsp3) is 0.300. The quantitative estimate of drug-likeness (QED) is 0.620. The number of rotatable bonds is 0. The second kappa shape index (κ2) is 2.72. The van der Waals surface area contributed by atoms with Crippen LogP contribution in [0.5, 0.6) is 0 Å². The van der Waals surface area contributed by atoms with E-state index in [2.05, 4.69) is 0 Å². The van der Waals surface area contributed by atoms with Crippen molar-refractivity contribution in [1.82, 2.24) is 0 Å². The van der Waals surface area contributed by atoms with Gasteiger partial charge in [0.05, 0.1) is 0 Å². The van der Waals surface area contributed by atoms with Gasteiger partial charge in [-0.1, -0.05) is 24.3 Å². The first kappa shape index (κ1) is 7.50. The molecule has 1 aliphatic carbocycles. The lowest BCUT2D eigenvalue weighted by atomic mass is 9.88. The molecule has 62 valence electrons. The molecule has 2 N–H and O–H groups in total. The van der Waals surface area contributed by atoms with Crippen molar-refractivity contribution in [3.05, 3.63) is 35.4 Å². The minimum atomic E-state index is 0.0207. The van der Waals surface area contributed by atoms with Crippen molar-refractivity contribution in [3.8, 4) is 0 Å². The van der Waals surface area contributed by atoms with Gasteiger partial charge < -0.3 is 5.73 Å². The van der Waals surface area contributed by atoms with Crippen molar-refractivity contribution in [3.63, 3.8) is 0 Å². The first-order chi connectivity index (χ1) is 5.77. The second-order valence-electron chi connectivity index (χ2n) is 3.25. The SMILES string of the molecule is NC1CC(=O)c2ccccc2C1. The molecule has 0 heterocycles. The fourth-order valence-corrected chi connectivity index (χ4v) is 1.67. The van der Waals surface area contributed by atoms with Crippen LogP contribution in [0.4, 0.5) is 0 Å². The number of Topliss-reactive ketones (excluding diaryl/α,β-unsaturated/α-hetero) is 1. The third-order valence-electron chi connectivity index (χ3n) is 2.25. The van der Waals surface area contributed by atoms with Gasteiger partial charge in [-0.25, -0.2) is 0 Å². The van der Waals surface area contributed by atoms with Crippen LogP contribution in [0.1, 0.15) is 22.3 Å². The maximum Gasteiger partial charge on any atom is 0.164 e. The Morgan fingerprint density at radius 2 is 2.00 bits per heavy atom. The summed E-state index contributed by atoms with van der Waals surface area (Å²) in [5.74, 6) is 0.185. The highest BCUT2D eigenvalue weighted by Crippen LogP contribution is 2.19. The van der Waals surface area contributed by atoms with Gasteiger partial charge >= 0.3 is 0 Å². The number of ketones is 1. The van der Waals surface area contributed by atoms with Crippen molar-refractivity contribution in [1.29, 1.82) is 0 Å². The molecule has 2 heteroatoms. The lowest BCUT2D eigenvalue weighted by Gasteiger charge is -2.19. The van der Waals surface area contributed by atoms with E-state index in [1.807, 2.05) is 24.3 Å². The van der Waals surface area contributed by atoms with E-state index in [0.29, 0.717) is 6.42 Å². The number of hydrogen-bond donors (Lipinski definition) is 1. The summed E-state index contributed by atoms with van der Waals surface area (Å²) >= 11 is 0. The van der Waals surface area contributed by atoms with E-state index < -0.39 is 0 Å².